The average molecular weight is 581 g/mol. The Bertz CT molecular complexity index is 1830. The summed E-state index contributed by atoms with van der Waals surface area (Å²) in [5.41, 5.74) is 3.90. The molecule has 4 aromatic heterocycles. The molecule has 1 aliphatic carbocycles. The Morgan fingerprint density at radius 2 is 1.76 bits per heavy atom. The van der Waals surface area contributed by atoms with Gasteiger partial charge in [-0.05, 0) is 78.6 Å². The fraction of sp³-hybridized carbons (Fsp3) is 0.281. The van der Waals surface area contributed by atoms with Gasteiger partial charge in [-0.3, -0.25) is 4.79 Å². The Balaban J connectivity index is 1.17. The molecule has 5 aromatic rings. The zero-order chi connectivity index (χ0) is 29.4. The van der Waals surface area contributed by atoms with E-state index in [0.717, 1.165) is 29.7 Å². The third-order valence-corrected chi connectivity index (χ3v) is 8.77. The molecule has 4 heterocycles. The van der Waals surface area contributed by atoms with Crippen molar-refractivity contribution in [3.63, 3.8) is 0 Å². The number of anilines is 1. The minimum absolute atomic E-state index is 0.169. The number of aromatic nitrogens is 2. The number of hydrogen-bond acceptors (Lipinski definition) is 9. The number of amides is 1. The molecule has 0 bridgehead atoms. The van der Waals surface area contributed by atoms with Crippen LogP contribution >= 0.6 is 11.3 Å². The lowest BCUT2D eigenvalue weighted by molar-refractivity contribution is -0.119. The van der Waals surface area contributed by atoms with Crippen molar-refractivity contribution < 1.29 is 23.2 Å². The quantitative estimate of drug-likeness (QED) is 0.212. The lowest BCUT2D eigenvalue weighted by Gasteiger charge is -2.33. The zero-order valence-corrected chi connectivity index (χ0v) is 24.2. The van der Waals surface area contributed by atoms with Gasteiger partial charge in [0.25, 0.3) is 5.91 Å². The molecule has 1 atom stereocenters. The monoisotopic (exact) mass is 580 g/mol. The number of carbonyl (C=O) groups is 2. The standard InChI is InChI=1S/C32H28N4O5S/c1-32(2,3)19-9-10-20-21(16-33)30(42-26(20)15-19)36-27(37)17-41-31(38)18-8-11-22-23(14-18)35-29(25-7-5-13-40-25)28(34-22)24-6-4-12-39-24/h4-8,11-14,19H,9-10,15,17H2,1-3H3,(H,36,37). The molecule has 1 N–H and O–H groups in total. The summed E-state index contributed by atoms with van der Waals surface area (Å²) in [7, 11) is 0. The number of fused-ring (bicyclic) bond motifs is 2. The molecule has 9 nitrogen and oxygen atoms in total. The van der Waals surface area contributed by atoms with E-state index in [9.17, 15) is 14.9 Å². The van der Waals surface area contributed by atoms with Crippen molar-refractivity contribution in [1.82, 2.24) is 9.97 Å². The van der Waals surface area contributed by atoms with Crippen LogP contribution in [0.5, 0.6) is 0 Å². The summed E-state index contributed by atoms with van der Waals surface area (Å²) in [4.78, 5) is 36.2. The minimum atomic E-state index is -0.678. The number of nitrogens with one attached hydrogen (secondary N) is 1. The van der Waals surface area contributed by atoms with Crippen LogP contribution < -0.4 is 5.32 Å². The topological polar surface area (TPSA) is 131 Å². The molecule has 1 amide bonds. The van der Waals surface area contributed by atoms with E-state index in [1.54, 1.807) is 55.0 Å². The summed E-state index contributed by atoms with van der Waals surface area (Å²) in [6, 6.07) is 14.1. The number of nitrogens with zero attached hydrogens (tertiary/aromatic N) is 3. The normalized spacial score (nSPS) is 14.8. The summed E-state index contributed by atoms with van der Waals surface area (Å²) in [5, 5.41) is 13.1. The molecule has 0 saturated heterocycles. The van der Waals surface area contributed by atoms with E-state index in [2.05, 4.69) is 32.2 Å². The van der Waals surface area contributed by atoms with Gasteiger partial charge in [-0.2, -0.15) is 5.26 Å². The molecule has 0 aliphatic heterocycles. The van der Waals surface area contributed by atoms with Gasteiger partial charge in [0.2, 0.25) is 0 Å². The number of rotatable bonds is 6. The molecule has 42 heavy (non-hydrogen) atoms. The predicted octanol–water partition coefficient (Wildman–Crippen LogP) is 7.03. The van der Waals surface area contributed by atoms with Gasteiger partial charge >= 0.3 is 5.97 Å². The Labute approximate surface area is 246 Å². The third-order valence-electron chi connectivity index (χ3n) is 7.60. The van der Waals surface area contributed by atoms with Gasteiger partial charge in [0.15, 0.2) is 18.1 Å². The number of furan rings is 2. The van der Waals surface area contributed by atoms with E-state index >= 15 is 0 Å². The second kappa shape index (κ2) is 10.9. The second-order valence-corrected chi connectivity index (χ2v) is 12.4. The summed E-state index contributed by atoms with van der Waals surface area (Å²) in [6.07, 6.45) is 5.81. The molecule has 0 saturated carbocycles. The SMILES string of the molecule is CC(C)(C)C1CCc2c(sc(NC(=O)COC(=O)c3ccc4nc(-c5ccco5)c(-c5ccco5)nc4c3)c2C#N)C1. The summed E-state index contributed by atoms with van der Waals surface area (Å²) in [5.74, 6) is 0.363. The van der Waals surface area contributed by atoms with Crippen LogP contribution in [0.3, 0.4) is 0 Å². The van der Waals surface area contributed by atoms with Gasteiger partial charge in [-0.25, -0.2) is 14.8 Å². The van der Waals surface area contributed by atoms with E-state index < -0.39 is 18.5 Å². The zero-order valence-electron chi connectivity index (χ0n) is 23.4. The summed E-state index contributed by atoms with van der Waals surface area (Å²) in [6.45, 7) is 6.21. The maximum atomic E-state index is 12.9. The third kappa shape index (κ3) is 5.31. The van der Waals surface area contributed by atoms with Crippen molar-refractivity contribution in [3.05, 3.63) is 76.6 Å². The average Bonchev–Trinajstić information content (AvgIpc) is 3.75. The van der Waals surface area contributed by atoms with Crippen LogP contribution in [-0.2, 0) is 22.4 Å². The van der Waals surface area contributed by atoms with Crippen molar-refractivity contribution >= 4 is 39.2 Å². The van der Waals surface area contributed by atoms with Crippen molar-refractivity contribution in [3.8, 4) is 29.0 Å². The molecule has 1 aromatic carbocycles. The molecule has 6 rings (SSSR count). The molecule has 0 radical (unpaired) electrons. The van der Waals surface area contributed by atoms with Gasteiger partial charge in [0.05, 0.1) is 34.7 Å². The fourth-order valence-corrected chi connectivity index (χ4v) is 6.55. The van der Waals surface area contributed by atoms with Crippen molar-refractivity contribution in [2.24, 2.45) is 11.3 Å². The highest BCUT2D eigenvalue weighted by atomic mass is 32.1. The van der Waals surface area contributed by atoms with Crippen LogP contribution in [0.25, 0.3) is 33.9 Å². The van der Waals surface area contributed by atoms with Crippen molar-refractivity contribution in [2.45, 2.75) is 40.0 Å². The van der Waals surface area contributed by atoms with Crippen LogP contribution in [0.15, 0.2) is 63.8 Å². The highest BCUT2D eigenvalue weighted by Gasteiger charge is 2.32. The lowest BCUT2D eigenvalue weighted by Crippen LogP contribution is -2.26. The molecule has 0 spiro atoms. The number of benzene rings is 1. The highest BCUT2D eigenvalue weighted by Crippen LogP contribution is 2.44. The Kier molecular flexibility index (Phi) is 7.12. The van der Waals surface area contributed by atoms with Crippen molar-refractivity contribution in [2.75, 3.05) is 11.9 Å². The molecular formula is C32H28N4O5S. The second-order valence-electron chi connectivity index (χ2n) is 11.3. The van der Waals surface area contributed by atoms with Gasteiger partial charge < -0.3 is 18.9 Å². The molecule has 10 heteroatoms. The van der Waals surface area contributed by atoms with E-state index in [-0.39, 0.29) is 11.0 Å². The van der Waals surface area contributed by atoms with Crippen LogP contribution in [0.4, 0.5) is 5.00 Å². The largest absolute Gasteiger partial charge is 0.463 e. The Morgan fingerprint density at radius 3 is 2.38 bits per heavy atom. The van der Waals surface area contributed by atoms with E-state index in [4.69, 9.17) is 23.5 Å². The van der Waals surface area contributed by atoms with Crippen LogP contribution in [0.2, 0.25) is 0 Å². The number of nitriles is 1. The number of esters is 1. The number of carbonyl (C=O) groups excluding carboxylic acids is 2. The number of hydrogen-bond donors (Lipinski definition) is 1. The Morgan fingerprint density at radius 1 is 1.07 bits per heavy atom. The first-order valence-electron chi connectivity index (χ1n) is 13.6. The predicted molar refractivity (Wildman–Crippen MR) is 158 cm³/mol. The van der Waals surface area contributed by atoms with Crippen LogP contribution in [0, 0.1) is 22.7 Å². The molecule has 0 fully saturated rings. The first-order chi connectivity index (χ1) is 20.2. The van der Waals surface area contributed by atoms with Gasteiger partial charge in [-0.15, -0.1) is 11.3 Å². The van der Waals surface area contributed by atoms with Crippen LogP contribution in [0.1, 0.15) is 53.6 Å². The maximum Gasteiger partial charge on any atom is 0.338 e. The smallest absolute Gasteiger partial charge is 0.338 e. The summed E-state index contributed by atoms with van der Waals surface area (Å²) >= 11 is 1.44. The van der Waals surface area contributed by atoms with Gasteiger partial charge in [-0.1, -0.05) is 20.8 Å². The minimum Gasteiger partial charge on any atom is -0.463 e. The maximum absolute atomic E-state index is 12.9. The van der Waals surface area contributed by atoms with E-state index in [1.165, 1.54) is 11.3 Å². The molecular weight excluding hydrogens is 552 g/mol. The van der Waals surface area contributed by atoms with Crippen molar-refractivity contribution in [1.29, 1.82) is 5.26 Å². The molecule has 212 valence electrons. The van der Waals surface area contributed by atoms with E-state index in [1.807, 2.05) is 0 Å². The number of ether oxygens (including phenoxy) is 1. The molecule has 1 unspecified atom stereocenters. The van der Waals surface area contributed by atoms with Crippen LogP contribution in [-0.4, -0.2) is 28.5 Å². The first kappa shape index (κ1) is 27.4. The van der Waals surface area contributed by atoms with Gasteiger partial charge in [0, 0.05) is 4.88 Å². The Hall–Kier alpha value is -4.75. The lowest BCUT2D eigenvalue weighted by atomic mass is 9.72. The van der Waals surface area contributed by atoms with E-state index in [0.29, 0.717) is 50.4 Å². The van der Waals surface area contributed by atoms with Gasteiger partial charge in [0.1, 0.15) is 22.5 Å². The molecule has 1 aliphatic rings. The highest BCUT2D eigenvalue weighted by molar-refractivity contribution is 7.16. The fourth-order valence-electron chi connectivity index (χ4n) is 5.26. The first-order valence-corrected chi connectivity index (χ1v) is 14.4. The number of thiophene rings is 1. The summed E-state index contributed by atoms with van der Waals surface area (Å²) < 4.78 is 16.4.